The van der Waals surface area contributed by atoms with Gasteiger partial charge >= 0.3 is 12.3 Å². The Kier molecular flexibility index (Phi) is 6.96. The molecule has 1 aromatic carbocycles. The first kappa shape index (κ1) is 26.2. The third kappa shape index (κ3) is 5.59. The number of rotatable bonds is 7. The minimum absolute atomic E-state index is 0.237. The molecule has 2 atom stereocenters. The summed E-state index contributed by atoms with van der Waals surface area (Å²) in [4.78, 5) is 23.6. The van der Waals surface area contributed by atoms with Crippen molar-refractivity contribution < 1.29 is 27.8 Å². The summed E-state index contributed by atoms with van der Waals surface area (Å²) in [5.74, 6) is -0.543. The number of aliphatic hydroxyl groups is 1. The largest absolute Gasteiger partial charge is 0.443 e. The fourth-order valence-electron chi connectivity index (χ4n) is 4.55. The van der Waals surface area contributed by atoms with Gasteiger partial charge in [0.1, 0.15) is 17.4 Å². The highest BCUT2D eigenvalue weighted by Gasteiger charge is 2.36. The zero-order valence-corrected chi connectivity index (χ0v) is 20.5. The van der Waals surface area contributed by atoms with Gasteiger partial charge in [-0.05, 0) is 63.1 Å². The first-order chi connectivity index (χ1) is 17.4. The number of halogens is 3. The number of nitrogens with two attached hydrogens (primary N) is 1. The molecule has 4 N–H and O–H groups in total. The van der Waals surface area contributed by atoms with Crippen molar-refractivity contribution in [3.8, 4) is 0 Å². The highest BCUT2D eigenvalue weighted by molar-refractivity contribution is 5.80. The number of amides is 1. The third-order valence-electron chi connectivity index (χ3n) is 6.50. The van der Waals surface area contributed by atoms with E-state index in [1.165, 1.54) is 12.1 Å². The van der Waals surface area contributed by atoms with Crippen molar-refractivity contribution in [1.29, 1.82) is 0 Å². The lowest BCUT2D eigenvalue weighted by molar-refractivity contribution is -0.137. The van der Waals surface area contributed by atoms with Crippen molar-refractivity contribution in [3.05, 3.63) is 94.6 Å². The zero-order chi connectivity index (χ0) is 27.0. The van der Waals surface area contributed by atoms with Crippen LogP contribution in [0.15, 0.2) is 60.9 Å². The number of hydrogen-bond acceptors (Lipinski definition) is 5. The monoisotopic (exact) mass is 512 g/mol. The molecule has 0 saturated carbocycles. The number of aromatic nitrogens is 3. The number of alkyl halides is 3. The van der Waals surface area contributed by atoms with E-state index < -0.39 is 35.5 Å². The van der Waals surface area contributed by atoms with Crippen LogP contribution in [0.3, 0.4) is 0 Å². The molecule has 37 heavy (non-hydrogen) atoms. The molecule has 3 aromatic heterocycles. The molecule has 4 rings (SSSR count). The summed E-state index contributed by atoms with van der Waals surface area (Å²) in [5, 5.41) is 11.9. The fraction of sp³-hybridized carbons (Fsp3) is 0.296. The number of aliphatic hydroxyl groups excluding tert-OH is 1. The molecular weight excluding hydrogens is 485 g/mol. The fourth-order valence-corrected chi connectivity index (χ4v) is 4.55. The minimum Gasteiger partial charge on any atom is -0.443 e. The van der Waals surface area contributed by atoms with E-state index in [4.69, 9.17) is 15.5 Å². The molecule has 0 radical (unpaired) electrons. The number of fused-ring (bicyclic) bond motifs is 1. The topological polar surface area (TPSA) is 114 Å². The molecular formula is C27H27F3N4O3. The van der Waals surface area contributed by atoms with Crippen LogP contribution < -0.4 is 5.73 Å². The van der Waals surface area contributed by atoms with Crippen LogP contribution in [0.25, 0.3) is 11.0 Å². The van der Waals surface area contributed by atoms with Gasteiger partial charge in [-0.3, -0.25) is 4.98 Å². The Morgan fingerprint density at radius 2 is 1.81 bits per heavy atom. The number of benzene rings is 1. The van der Waals surface area contributed by atoms with Gasteiger partial charge in [-0.25, -0.2) is 9.78 Å². The highest BCUT2D eigenvalue weighted by atomic mass is 19.4. The summed E-state index contributed by atoms with van der Waals surface area (Å²) < 4.78 is 44.4. The van der Waals surface area contributed by atoms with Crippen LogP contribution in [-0.4, -0.2) is 31.8 Å². The van der Waals surface area contributed by atoms with Crippen LogP contribution in [0.4, 0.5) is 18.0 Å². The standard InChI is InChI=1S/C27H27F3N4O3/c1-15-18(23(35)20-14-33-24-19(20)5-4-12-32-24)10-11-22(34-15)21(26(2,3)37-25(31)36)13-16-6-8-17(9-7-16)27(28,29)30/h4-12,14,21,23,35H,13H2,1-3H3,(H2,31,36)(H,32,33). The highest BCUT2D eigenvalue weighted by Crippen LogP contribution is 2.37. The zero-order valence-electron chi connectivity index (χ0n) is 20.5. The van der Waals surface area contributed by atoms with Crippen LogP contribution in [0.2, 0.25) is 0 Å². The Morgan fingerprint density at radius 1 is 1.11 bits per heavy atom. The molecule has 2 unspecified atom stereocenters. The molecule has 3 heterocycles. The van der Waals surface area contributed by atoms with Gasteiger partial charge in [-0.2, -0.15) is 13.2 Å². The Morgan fingerprint density at radius 3 is 2.43 bits per heavy atom. The van der Waals surface area contributed by atoms with Crippen LogP contribution in [0.1, 0.15) is 59.5 Å². The molecule has 0 aliphatic rings. The van der Waals surface area contributed by atoms with Crippen LogP contribution >= 0.6 is 0 Å². The van der Waals surface area contributed by atoms with E-state index in [0.717, 1.165) is 17.5 Å². The number of nitrogens with zero attached hydrogens (tertiary/aromatic N) is 2. The van der Waals surface area contributed by atoms with E-state index >= 15 is 0 Å². The number of carbonyl (C=O) groups excluding carboxylic acids is 1. The minimum atomic E-state index is -4.44. The number of carbonyl (C=O) groups is 1. The second kappa shape index (κ2) is 9.85. The molecule has 0 fully saturated rings. The van der Waals surface area contributed by atoms with Crippen LogP contribution in [0, 0.1) is 6.92 Å². The quantitative estimate of drug-likeness (QED) is 0.300. The molecule has 10 heteroatoms. The summed E-state index contributed by atoms with van der Waals surface area (Å²) >= 11 is 0. The molecule has 7 nitrogen and oxygen atoms in total. The summed E-state index contributed by atoms with van der Waals surface area (Å²) in [5.41, 5.74) is 7.01. The summed E-state index contributed by atoms with van der Waals surface area (Å²) in [6.07, 6.45) is -2.79. The molecule has 0 bridgehead atoms. The molecule has 0 aliphatic carbocycles. The lowest BCUT2D eigenvalue weighted by Gasteiger charge is -2.33. The number of hydrogen-bond donors (Lipinski definition) is 3. The predicted octanol–water partition coefficient (Wildman–Crippen LogP) is 5.57. The van der Waals surface area contributed by atoms with E-state index in [9.17, 15) is 23.1 Å². The predicted molar refractivity (Wildman–Crippen MR) is 132 cm³/mol. The van der Waals surface area contributed by atoms with Gasteiger partial charge in [0, 0.05) is 46.2 Å². The van der Waals surface area contributed by atoms with Crippen molar-refractivity contribution >= 4 is 17.1 Å². The Labute approximate surface area is 211 Å². The molecule has 1 amide bonds. The van der Waals surface area contributed by atoms with Gasteiger partial charge in [0.2, 0.25) is 0 Å². The van der Waals surface area contributed by atoms with Gasteiger partial charge in [-0.1, -0.05) is 18.2 Å². The van der Waals surface area contributed by atoms with E-state index in [2.05, 4.69) is 9.97 Å². The van der Waals surface area contributed by atoms with Crippen molar-refractivity contribution in [3.63, 3.8) is 0 Å². The second-order valence-corrected chi connectivity index (χ2v) is 9.43. The van der Waals surface area contributed by atoms with E-state index in [-0.39, 0.29) is 6.42 Å². The van der Waals surface area contributed by atoms with Gasteiger partial charge in [-0.15, -0.1) is 0 Å². The number of ether oxygens (including phenoxy) is 1. The van der Waals surface area contributed by atoms with Gasteiger partial charge in [0.05, 0.1) is 5.56 Å². The number of nitrogens with one attached hydrogen (secondary N) is 1. The Bertz CT molecular complexity index is 1410. The van der Waals surface area contributed by atoms with Crippen LogP contribution in [-0.2, 0) is 17.3 Å². The van der Waals surface area contributed by atoms with Crippen molar-refractivity contribution in [2.45, 2.75) is 51.0 Å². The van der Waals surface area contributed by atoms with Crippen molar-refractivity contribution in [2.24, 2.45) is 5.73 Å². The first-order valence-electron chi connectivity index (χ1n) is 11.6. The summed E-state index contributed by atoms with van der Waals surface area (Å²) in [6.45, 7) is 5.10. The van der Waals surface area contributed by atoms with Crippen molar-refractivity contribution in [2.75, 3.05) is 0 Å². The molecule has 0 saturated heterocycles. The smallest absolute Gasteiger partial charge is 0.416 e. The Balaban J connectivity index is 1.68. The van der Waals surface area contributed by atoms with E-state index in [0.29, 0.717) is 33.7 Å². The summed E-state index contributed by atoms with van der Waals surface area (Å²) in [7, 11) is 0. The average molecular weight is 513 g/mol. The van der Waals surface area contributed by atoms with Gasteiger partial charge in [0.15, 0.2) is 0 Å². The van der Waals surface area contributed by atoms with Gasteiger partial charge in [0.25, 0.3) is 0 Å². The molecule has 0 spiro atoms. The summed E-state index contributed by atoms with van der Waals surface area (Å²) in [6, 6.07) is 11.9. The third-order valence-corrected chi connectivity index (χ3v) is 6.50. The van der Waals surface area contributed by atoms with Crippen LogP contribution in [0.5, 0.6) is 0 Å². The molecule has 4 aromatic rings. The maximum absolute atomic E-state index is 13.0. The lowest BCUT2D eigenvalue weighted by Crippen LogP contribution is -2.38. The average Bonchev–Trinajstić information content (AvgIpc) is 3.25. The van der Waals surface area contributed by atoms with Crippen molar-refractivity contribution in [1.82, 2.24) is 15.0 Å². The number of primary amides is 1. The normalized spacial score (nSPS) is 13.9. The SMILES string of the molecule is Cc1nc(C(Cc2ccc(C(F)(F)F)cc2)C(C)(C)OC(N)=O)ccc1C(O)c1c[nH]c2ncccc12. The second-order valence-electron chi connectivity index (χ2n) is 9.43. The molecule has 194 valence electrons. The maximum atomic E-state index is 13.0. The first-order valence-corrected chi connectivity index (χ1v) is 11.6. The number of pyridine rings is 2. The number of aromatic amines is 1. The number of aryl methyl sites for hydroxylation is 1. The van der Waals surface area contributed by atoms with E-state index in [1.807, 2.05) is 6.07 Å². The molecule has 0 aliphatic heterocycles. The Hall–Kier alpha value is -3.92. The van der Waals surface area contributed by atoms with E-state index in [1.54, 1.807) is 51.4 Å². The number of H-pyrrole nitrogens is 1. The maximum Gasteiger partial charge on any atom is 0.416 e. The lowest BCUT2D eigenvalue weighted by atomic mass is 9.82. The van der Waals surface area contributed by atoms with Gasteiger partial charge < -0.3 is 20.6 Å².